The van der Waals surface area contributed by atoms with Crippen LogP contribution in [0.3, 0.4) is 0 Å². The molecule has 7 nitrogen and oxygen atoms in total. The summed E-state index contributed by atoms with van der Waals surface area (Å²) in [5, 5.41) is 11.9. The third kappa shape index (κ3) is 4.71. The van der Waals surface area contributed by atoms with Crippen LogP contribution in [-0.4, -0.2) is 47.5 Å². The molecule has 1 saturated heterocycles. The minimum absolute atomic E-state index is 0.0725. The highest BCUT2D eigenvalue weighted by molar-refractivity contribution is 5.98. The standard InChI is InChI=1S/C21H22FN3O4/c1-14(20(27)28)12-24(13-15-5-3-2-4-6-15)19(26)17-11-16(7-8-18(17)22)25-10-9-23-21(25)29/h2-8,11,14H,9-10,12-13H2,1H3,(H,23,29)(H,27,28)/t14-/m0/s1. The average molecular weight is 399 g/mol. The molecule has 29 heavy (non-hydrogen) atoms. The Labute approximate surface area is 167 Å². The van der Waals surface area contributed by atoms with Crippen molar-refractivity contribution in [3.63, 3.8) is 0 Å². The van der Waals surface area contributed by atoms with Gasteiger partial charge in [0.2, 0.25) is 0 Å². The van der Waals surface area contributed by atoms with Crippen LogP contribution in [0.1, 0.15) is 22.8 Å². The van der Waals surface area contributed by atoms with Gasteiger partial charge in [0, 0.05) is 31.9 Å². The number of carboxylic acid groups (broad SMARTS) is 1. The summed E-state index contributed by atoms with van der Waals surface area (Å²) in [6, 6.07) is 12.7. The highest BCUT2D eigenvalue weighted by Gasteiger charge is 2.27. The molecule has 0 aromatic heterocycles. The number of urea groups is 1. The topological polar surface area (TPSA) is 90.0 Å². The Hall–Kier alpha value is -3.42. The molecule has 3 rings (SSSR count). The number of rotatable bonds is 7. The minimum atomic E-state index is -1.04. The first kappa shape index (κ1) is 20.3. The van der Waals surface area contributed by atoms with Crippen molar-refractivity contribution in [2.75, 3.05) is 24.5 Å². The molecule has 3 amide bonds. The maximum atomic E-state index is 14.5. The number of carbonyl (C=O) groups is 3. The Morgan fingerprint density at radius 1 is 1.24 bits per heavy atom. The molecule has 1 atom stereocenters. The van der Waals surface area contributed by atoms with Gasteiger partial charge in [-0.1, -0.05) is 37.3 Å². The van der Waals surface area contributed by atoms with Gasteiger partial charge in [-0.2, -0.15) is 0 Å². The number of carbonyl (C=O) groups excluding carboxylic acids is 2. The maximum Gasteiger partial charge on any atom is 0.321 e. The summed E-state index contributed by atoms with van der Waals surface area (Å²) in [5.74, 6) is -3.21. The average Bonchev–Trinajstić information content (AvgIpc) is 3.14. The third-order valence-corrected chi connectivity index (χ3v) is 4.77. The normalized spacial score (nSPS) is 14.4. The van der Waals surface area contributed by atoms with E-state index in [9.17, 15) is 23.9 Å². The number of anilines is 1. The van der Waals surface area contributed by atoms with Crippen LogP contribution in [-0.2, 0) is 11.3 Å². The second-order valence-electron chi connectivity index (χ2n) is 6.96. The van der Waals surface area contributed by atoms with E-state index in [4.69, 9.17) is 0 Å². The molecule has 1 heterocycles. The first-order chi connectivity index (χ1) is 13.9. The monoisotopic (exact) mass is 399 g/mol. The van der Waals surface area contributed by atoms with Gasteiger partial charge in [-0.15, -0.1) is 0 Å². The zero-order valence-electron chi connectivity index (χ0n) is 16.0. The fourth-order valence-electron chi connectivity index (χ4n) is 3.17. The quantitative estimate of drug-likeness (QED) is 0.749. The zero-order chi connectivity index (χ0) is 21.0. The Morgan fingerprint density at radius 2 is 1.97 bits per heavy atom. The maximum absolute atomic E-state index is 14.5. The Morgan fingerprint density at radius 3 is 2.59 bits per heavy atom. The summed E-state index contributed by atoms with van der Waals surface area (Å²) in [6.07, 6.45) is 0. The molecule has 2 N–H and O–H groups in total. The second-order valence-corrected chi connectivity index (χ2v) is 6.96. The number of carboxylic acids is 1. The number of amides is 3. The molecule has 0 saturated carbocycles. The number of benzene rings is 2. The van der Waals surface area contributed by atoms with Gasteiger partial charge in [0.1, 0.15) is 5.82 Å². The molecule has 2 aromatic rings. The zero-order valence-corrected chi connectivity index (χ0v) is 16.0. The van der Waals surface area contributed by atoms with Crippen LogP contribution >= 0.6 is 0 Å². The molecule has 1 aliphatic rings. The number of nitrogens with zero attached hydrogens (tertiary/aromatic N) is 2. The highest BCUT2D eigenvalue weighted by Crippen LogP contribution is 2.23. The van der Waals surface area contributed by atoms with Gasteiger partial charge in [-0.25, -0.2) is 9.18 Å². The van der Waals surface area contributed by atoms with Crippen LogP contribution in [0.25, 0.3) is 0 Å². The van der Waals surface area contributed by atoms with Crippen LogP contribution in [0.2, 0.25) is 0 Å². The van der Waals surface area contributed by atoms with Crippen LogP contribution in [0.5, 0.6) is 0 Å². The van der Waals surface area contributed by atoms with Gasteiger partial charge < -0.3 is 15.3 Å². The fraction of sp³-hybridized carbons (Fsp3) is 0.286. The van der Waals surface area contributed by atoms with Crippen LogP contribution in [0.15, 0.2) is 48.5 Å². The summed E-state index contributed by atoms with van der Waals surface area (Å²) in [7, 11) is 0. The Bertz CT molecular complexity index is 919. The van der Waals surface area contributed by atoms with Crippen molar-refractivity contribution in [2.24, 2.45) is 5.92 Å². The van der Waals surface area contributed by atoms with E-state index in [0.717, 1.165) is 11.6 Å². The molecule has 1 aliphatic heterocycles. The lowest BCUT2D eigenvalue weighted by molar-refractivity contribution is -0.141. The summed E-state index contributed by atoms with van der Waals surface area (Å²) >= 11 is 0. The van der Waals surface area contributed by atoms with Crippen LogP contribution < -0.4 is 10.2 Å². The van der Waals surface area contributed by atoms with Gasteiger partial charge in [-0.05, 0) is 23.8 Å². The van der Waals surface area contributed by atoms with Crippen LogP contribution in [0, 0.1) is 11.7 Å². The molecule has 0 spiro atoms. The molecular formula is C21H22FN3O4. The van der Waals surface area contributed by atoms with Gasteiger partial charge in [-0.3, -0.25) is 14.5 Å². The fourth-order valence-corrected chi connectivity index (χ4v) is 3.17. The van der Waals surface area contributed by atoms with Crippen molar-refractivity contribution in [1.29, 1.82) is 0 Å². The van der Waals surface area contributed by atoms with Gasteiger partial charge in [0.25, 0.3) is 5.91 Å². The van der Waals surface area contributed by atoms with Crippen molar-refractivity contribution in [1.82, 2.24) is 10.2 Å². The SMILES string of the molecule is C[C@@H](CN(Cc1ccccc1)C(=O)c1cc(N2CCNC2=O)ccc1F)C(=O)O. The summed E-state index contributed by atoms with van der Waals surface area (Å²) < 4.78 is 14.5. The van der Waals surface area contributed by atoms with Gasteiger partial charge in [0.05, 0.1) is 11.5 Å². The lowest BCUT2D eigenvalue weighted by Crippen LogP contribution is -2.37. The smallest absolute Gasteiger partial charge is 0.321 e. The van der Waals surface area contributed by atoms with Crippen molar-refractivity contribution >= 4 is 23.6 Å². The van der Waals surface area contributed by atoms with E-state index in [1.54, 1.807) is 0 Å². The summed E-state index contributed by atoms with van der Waals surface area (Å²) in [4.78, 5) is 39.1. The largest absolute Gasteiger partial charge is 0.481 e. The highest BCUT2D eigenvalue weighted by atomic mass is 19.1. The van der Waals surface area contributed by atoms with Crippen molar-refractivity contribution in [3.8, 4) is 0 Å². The molecule has 2 aromatic carbocycles. The van der Waals surface area contributed by atoms with Crippen molar-refractivity contribution in [3.05, 3.63) is 65.5 Å². The molecular weight excluding hydrogens is 377 g/mol. The van der Waals surface area contributed by atoms with E-state index >= 15 is 0 Å². The Balaban J connectivity index is 1.91. The predicted molar refractivity (Wildman–Crippen MR) is 105 cm³/mol. The predicted octanol–water partition coefficient (Wildman–Crippen LogP) is 2.72. The van der Waals surface area contributed by atoms with E-state index in [0.29, 0.717) is 18.8 Å². The van der Waals surface area contributed by atoms with Gasteiger partial charge >= 0.3 is 12.0 Å². The van der Waals surface area contributed by atoms with E-state index < -0.39 is 23.6 Å². The molecule has 0 unspecified atom stereocenters. The molecule has 0 aliphatic carbocycles. The number of nitrogens with one attached hydrogen (secondary N) is 1. The molecule has 0 bridgehead atoms. The Kier molecular flexibility index (Phi) is 6.11. The van der Waals surface area contributed by atoms with E-state index in [1.807, 2.05) is 30.3 Å². The van der Waals surface area contributed by atoms with Crippen molar-refractivity contribution < 1.29 is 23.9 Å². The van der Waals surface area contributed by atoms with Crippen LogP contribution in [0.4, 0.5) is 14.9 Å². The number of hydrogen-bond donors (Lipinski definition) is 2. The number of halogens is 1. The number of hydrogen-bond acceptors (Lipinski definition) is 3. The minimum Gasteiger partial charge on any atom is -0.481 e. The van der Waals surface area contributed by atoms with E-state index in [-0.39, 0.29) is 24.7 Å². The first-order valence-electron chi connectivity index (χ1n) is 9.27. The lowest BCUT2D eigenvalue weighted by Gasteiger charge is -2.25. The second kappa shape index (κ2) is 8.72. The van der Waals surface area contributed by atoms with Gasteiger partial charge in [0.15, 0.2) is 0 Å². The molecule has 152 valence electrons. The first-order valence-corrected chi connectivity index (χ1v) is 9.27. The van der Waals surface area contributed by atoms with E-state index in [2.05, 4.69) is 5.32 Å². The number of aliphatic carboxylic acids is 1. The molecule has 0 radical (unpaired) electrons. The van der Waals surface area contributed by atoms with Crippen molar-refractivity contribution in [2.45, 2.75) is 13.5 Å². The molecule has 1 fully saturated rings. The van der Waals surface area contributed by atoms with E-state index in [1.165, 1.54) is 28.9 Å². The lowest BCUT2D eigenvalue weighted by atomic mass is 10.1. The summed E-state index contributed by atoms with van der Waals surface area (Å²) in [6.45, 7) is 2.45. The molecule has 8 heteroatoms. The third-order valence-electron chi connectivity index (χ3n) is 4.77. The summed E-state index contributed by atoms with van der Waals surface area (Å²) in [5.41, 5.74) is 1.01.